The van der Waals surface area contributed by atoms with Gasteiger partial charge in [0.1, 0.15) is 0 Å². The summed E-state index contributed by atoms with van der Waals surface area (Å²) in [6.07, 6.45) is 0.101. The van der Waals surface area contributed by atoms with Crippen molar-refractivity contribution in [3.63, 3.8) is 0 Å². The summed E-state index contributed by atoms with van der Waals surface area (Å²) in [6, 6.07) is 10.5. The van der Waals surface area contributed by atoms with Crippen LogP contribution < -0.4 is 0 Å². The summed E-state index contributed by atoms with van der Waals surface area (Å²) in [5, 5.41) is 9.41. The van der Waals surface area contributed by atoms with Crippen molar-refractivity contribution in [2.24, 2.45) is 5.41 Å². The highest BCUT2D eigenvalue weighted by molar-refractivity contribution is 5.14. The van der Waals surface area contributed by atoms with Crippen molar-refractivity contribution >= 4 is 0 Å². The maximum Gasteiger partial charge on any atom is 0.0937 e. The number of benzene rings is 1. The van der Waals surface area contributed by atoms with E-state index in [0.717, 1.165) is 19.6 Å². The van der Waals surface area contributed by atoms with Crippen LogP contribution in [0.4, 0.5) is 0 Å². The molecule has 0 bridgehead atoms. The van der Waals surface area contributed by atoms with Gasteiger partial charge in [0, 0.05) is 19.6 Å². The van der Waals surface area contributed by atoms with Crippen molar-refractivity contribution < 1.29 is 9.84 Å². The van der Waals surface area contributed by atoms with E-state index in [4.69, 9.17) is 4.74 Å². The van der Waals surface area contributed by atoms with Gasteiger partial charge in [0.2, 0.25) is 0 Å². The molecular weight excluding hydrogens is 238 g/mol. The minimum atomic E-state index is -0.0679. The van der Waals surface area contributed by atoms with Crippen LogP contribution in [-0.2, 0) is 11.3 Å². The molecule has 0 saturated carbocycles. The third kappa shape index (κ3) is 4.03. The van der Waals surface area contributed by atoms with Crippen molar-refractivity contribution in [1.82, 2.24) is 4.90 Å². The zero-order valence-electron chi connectivity index (χ0n) is 12.2. The fourth-order valence-corrected chi connectivity index (χ4v) is 2.46. The normalized spacial score (nSPS) is 25.5. The zero-order valence-corrected chi connectivity index (χ0v) is 12.2. The van der Waals surface area contributed by atoms with E-state index in [1.54, 1.807) is 0 Å². The van der Waals surface area contributed by atoms with Gasteiger partial charge in [-0.15, -0.1) is 0 Å². The molecule has 0 spiro atoms. The minimum Gasteiger partial charge on any atom is -0.394 e. The largest absolute Gasteiger partial charge is 0.394 e. The van der Waals surface area contributed by atoms with Gasteiger partial charge in [-0.3, -0.25) is 4.90 Å². The average Bonchev–Trinajstić information content (AvgIpc) is 2.38. The first-order chi connectivity index (χ1) is 8.99. The molecule has 3 heteroatoms. The lowest BCUT2D eigenvalue weighted by molar-refractivity contribution is -0.141. The van der Waals surface area contributed by atoms with Crippen LogP contribution >= 0.6 is 0 Å². The van der Waals surface area contributed by atoms with Gasteiger partial charge < -0.3 is 9.84 Å². The Morgan fingerprint density at radius 1 is 1.21 bits per heavy atom. The van der Waals surface area contributed by atoms with Gasteiger partial charge >= 0.3 is 0 Å². The van der Waals surface area contributed by atoms with Gasteiger partial charge in [0.05, 0.1) is 18.8 Å². The van der Waals surface area contributed by atoms with E-state index < -0.39 is 0 Å². The summed E-state index contributed by atoms with van der Waals surface area (Å²) in [5.74, 6) is 0. The number of hydrogen-bond donors (Lipinski definition) is 1. The molecule has 1 aromatic rings. The van der Waals surface area contributed by atoms with Crippen LogP contribution in [0.2, 0.25) is 0 Å². The Kier molecular flexibility index (Phi) is 4.61. The van der Waals surface area contributed by atoms with Gasteiger partial charge in [-0.25, -0.2) is 0 Å². The molecule has 1 aromatic carbocycles. The van der Waals surface area contributed by atoms with Crippen LogP contribution in [0.25, 0.3) is 0 Å². The lowest BCUT2D eigenvalue weighted by Crippen LogP contribution is -2.52. The second-order valence-electron chi connectivity index (χ2n) is 6.48. The highest BCUT2D eigenvalue weighted by Gasteiger charge is 2.34. The maximum absolute atomic E-state index is 9.41. The molecule has 0 amide bonds. The predicted molar refractivity (Wildman–Crippen MR) is 76.9 cm³/mol. The van der Waals surface area contributed by atoms with E-state index in [1.165, 1.54) is 5.56 Å². The van der Waals surface area contributed by atoms with Gasteiger partial charge in [-0.1, -0.05) is 51.1 Å². The highest BCUT2D eigenvalue weighted by atomic mass is 16.5. The molecule has 3 nitrogen and oxygen atoms in total. The highest BCUT2D eigenvalue weighted by Crippen LogP contribution is 2.28. The number of ether oxygens (including phenoxy) is 1. The zero-order chi connectivity index (χ0) is 13.9. The molecule has 0 aliphatic carbocycles. The van der Waals surface area contributed by atoms with Crippen molar-refractivity contribution in [3.8, 4) is 0 Å². The minimum absolute atomic E-state index is 0.0679. The lowest BCUT2D eigenvalue weighted by atomic mass is 9.87. The van der Waals surface area contributed by atoms with Crippen LogP contribution in [-0.4, -0.2) is 41.9 Å². The van der Waals surface area contributed by atoms with E-state index in [-0.39, 0.29) is 24.2 Å². The molecule has 2 rings (SSSR count). The lowest BCUT2D eigenvalue weighted by Gasteiger charge is -2.43. The topological polar surface area (TPSA) is 32.7 Å². The van der Waals surface area contributed by atoms with Crippen molar-refractivity contribution in [3.05, 3.63) is 35.9 Å². The first-order valence-corrected chi connectivity index (χ1v) is 7.01. The molecule has 1 fully saturated rings. The summed E-state index contributed by atoms with van der Waals surface area (Å²) >= 11 is 0. The summed E-state index contributed by atoms with van der Waals surface area (Å²) in [6.45, 7) is 9.33. The first kappa shape index (κ1) is 14.5. The quantitative estimate of drug-likeness (QED) is 0.908. The van der Waals surface area contributed by atoms with Crippen molar-refractivity contribution in [2.75, 3.05) is 19.7 Å². The van der Waals surface area contributed by atoms with Crippen LogP contribution in [0.5, 0.6) is 0 Å². The molecule has 0 radical (unpaired) electrons. The Morgan fingerprint density at radius 3 is 2.47 bits per heavy atom. The third-order valence-electron chi connectivity index (χ3n) is 3.66. The Morgan fingerprint density at radius 2 is 1.89 bits per heavy atom. The number of rotatable bonds is 3. The Balaban J connectivity index is 2.03. The molecule has 1 aliphatic rings. The molecule has 1 aliphatic heterocycles. The van der Waals surface area contributed by atoms with Gasteiger partial charge in [-0.05, 0) is 11.0 Å². The smallest absolute Gasteiger partial charge is 0.0937 e. The molecule has 1 N–H and O–H groups in total. The predicted octanol–water partition coefficient (Wildman–Crippen LogP) is 2.29. The Labute approximate surface area is 116 Å². The molecular formula is C16H25NO2. The molecule has 1 saturated heterocycles. The standard InChI is InChI=1S/C16H25NO2/c1-16(2,3)15-11-17(10-14(12-18)19-15)9-13-7-5-4-6-8-13/h4-8,14-15,18H,9-12H2,1-3H3. The number of aliphatic hydroxyl groups is 1. The third-order valence-corrected chi connectivity index (χ3v) is 3.66. The van der Waals surface area contributed by atoms with Gasteiger partial charge in [0.15, 0.2) is 0 Å². The van der Waals surface area contributed by atoms with Gasteiger partial charge in [0.25, 0.3) is 0 Å². The molecule has 2 unspecified atom stereocenters. The summed E-state index contributed by atoms with van der Waals surface area (Å²) < 4.78 is 5.98. The summed E-state index contributed by atoms with van der Waals surface area (Å²) in [7, 11) is 0. The number of aliphatic hydroxyl groups excluding tert-OH is 1. The summed E-state index contributed by atoms with van der Waals surface area (Å²) in [5.41, 5.74) is 1.41. The van der Waals surface area contributed by atoms with Crippen LogP contribution in [0.1, 0.15) is 26.3 Å². The van der Waals surface area contributed by atoms with E-state index in [9.17, 15) is 5.11 Å². The number of morpholine rings is 1. The molecule has 106 valence electrons. The molecule has 0 aromatic heterocycles. The fourth-order valence-electron chi connectivity index (χ4n) is 2.46. The SMILES string of the molecule is CC(C)(C)C1CN(Cc2ccccc2)CC(CO)O1. The van der Waals surface area contributed by atoms with E-state index in [2.05, 4.69) is 49.9 Å². The van der Waals surface area contributed by atoms with Crippen LogP contribution in [0, 0.1) is 5.41 Å². The molecule has 1 heterocycles. The van der Waals surface area contributed by atoms with Crippen LogP contribution in [0.15, 0.2) is 30.3 Å². The first-order valence-electron chi connectivity index (χ1n) is 7.01. The van der Waals surface area contributed by atoms with E-state index in [1.807, 2.05) is 6.07 Å². The van der Waals surface area contributed by atoms with E-state index in [0.29, 0.717) is 0 Å². The number of hydrogen-bond acceptors (Lipinski definition) is 3. The molecule has 19 heavy (non-hydrogen) atoms. The fraction of sp³-hybridized carbons (Fsp3) is 0.625. The second kappa shape index (κ2) is 6.04. The average molecular weight is 263 g/mol. The van der Waals surface area contributed by atoms with Crippen molar-refractivity contribution in [2.45, 2.75) is 39.5 Å². The maximum atomic E-state index is 9.41. The number of nitrogens with zero attached hydrogens (tertiary/aromatic N) is 1. The molecule has 2 atom stereocenters. The van der Waals surface area contributed by atoms with E-state index >= 15 is 0 Å². The van der Waals surface area contributed by atoms with Crippen LogP contribution in [0.3, 0.4) is 0 Å². The second-order valence-corrected chi connectivity index (χ2v) is 6.48. The Bertz CT molecular complexity index is 385. The Hall–Kier alpha value is -0.900. The summed E-state index contributed by atoms with van der Waals surface area (Å²) in [4.78, 5) is 2.38. The van der Waals surface area contributed by atoms with Gasteiger partial charge in [-0.2, -0.15) is 0 Å². The monoisotopic (exact) mass is 263 g/mol. The van der Waals surface area contributed by atoms with Crippen molar-refractivity contribution in [1.29, 1.82) is 0 Å².